The second-order valence-electron chi connectivity index (χ2n) is 5.62. The van der Waals surface area contributed by atoms with E-state index < -0.39 is 33.9 Å². The number of rotatable bonds is 7. The van der Waals surface area contributed by atoms with Crippen LogP contribution in [0, 0.1) is 5.92 Å². The lowest BCUT2D eigenvalue weighted by atomic mass is 10.0. The summed E-state index contributed by atoms with van der Waals surface area (Å²) in [6, 6.07) is 5.19. The molecule has 1 amide bonds. The summed E-state index contributed by atoms with van der Waals surface area (Å²) < 4.78 is 26.5. The number of carbonyl (C=O) groups excluding carboxylic acids is 1. The first-order chi connectivity index (χ1) is 11.3. The van der Waals surface area contributed by atoms with Crippen molar-refractivity contribution in [2.45, 2.75) is 30.2 Å². The Balaban J connectivity index is 2.15. The van der Waals surface area contributed by atoms with Crippen molar-refractivity contribution in [1.82, 2.24) is 10.0 Å². The van der Waals surface area contributed by atoms with Gasteiger partial charge in [0.1, 0.15) is 0 Å². The van der Waals surface area contributed by atoms with E-state index in [2.05, 4.69) is 16.6 Å². The Hall–Kier alpha value is -2.19. The monoisotopic (exact) mass is 352 g/mol. The summed E-state index contributed by atoms with van der Waals surface area (Å²) in [4.78, 5) is 23.5. The van der Waals surface area contributed by atoms with E-state index in [9.17, 15) is 18.0 Å². The molecule has 24 heavy (non-hydrogen) atoms. The van der Waals surface area contributed by atoms with Gasteiger partial charge in [-0.15, -0.1) is 6.58 Å². The molecule has 2 atom stereocenters. The van der Waals surface area contributed by atoms with Crippen molar-refractivity contribution < 1.29 is 23.1 Å². The standard InChI is InChI=1S/C16H20N2O5S/c1-2-9-17-24(22,23)12-6-3-5-11(10-12)15(19)18-14-8-4-7-13(14)16(20)21/h2-3,5-6,10,13-14,17H,1,4,7-9H2,(H,18,19)(H,20,21)/t13-,14+/m1/s1. The number of aliphatic carboxylic acids is 1. The number of carboxylic acids is 1. The van der Waals surface area contributed by atoms with Crippen LogP contribution in [0.2, 0.25) is 0 Å². The summed E-state index contributed by atoms with van der Waals surface area (Å²) in [6.45, 7) is 3.53. The fourth-order valence-corrected chi connectivity index (χ4v) is 3.78. The summed E-state index contributed by atoms with van der Waals surface area (Å²) in [7, 11) is -3.73. The molecule has 2 rings (SSSR count). The van der Waals surface area contributed by atoms with Crippen molar-refractivity contribution in [1.29, 1.82) is 0 Å². The van der Waals surface area contributed by atoms with Crippen LogP contribution >= 0.6 is 0 Å². The van der Waals surface area contributed by atoms with Crippen LogP contribution in [0.3, 0.4) is 0 Å². The zero-order valence-corrected chi connectivity index (χ0v) is 13.9. The molecule has 1 aromatic rings. The average Bonchev–Trinajstić information content (AvgIpc) is 3.01. The Morgan fingerprint density at radius 1 is 1.33 bits per heavy atom. The molecule has 0 bridgehead atoms. The average molecular weight is 352 g/mol. The van der Waals surface area contributed by atoms with Crippen LogP contribution in [0.15, 0.2) is 41.8 Å². The molecular formula is C16H20N2O5S. The van der Waals surface area contributed by atoms with Crippen LogP contribution in [-0.2, 0) is 14.8 Å². The molecule has 1 fully saturated rings. The molecule has 8 heteroatoms. The minimum atomic E-state index is -3.73. The molecule has 0 aromatic heterocycles. The second kappa shape index (κ2) is 7.59. The molecule has 0 unspecified atom stereocenters. The predicted octanol–water partition coefficient (Wildman–Crippen LogP) is 1.13. The minimum absolute atomic E-state index is 0.0294. The molecule has 0 spiro atoms. The molecule has 3 N–H and O–H groups in total. The van der Waals surface area contributed by atoms with Crippen molar-refractivity contribution in [3.05, 3.63) is 42.5 Å². The number of hydrogen-bond acceptors (Lipinski definition) is 4. The first kappa shape index (κ1) is 18.2. The van der Waals surface area contributed by atoms with Gasteiger partial charge < -0.3 is 10.4 Å². The van der Waals surface area contributed by atoms with E-state index >= 15 is 0 Å². The van der Waals surface area contributed by atoms with E-state index in [0.29, 0.717) is 12.8 Å². The van der Waals surface area contributed by atoms with Gasteiger partial charge in [0.05, 0.1) is 10.8 Å². The highest BCUT2D eigenvalue weighted by Gasteiger charge is 2.34. The lowest BCUT2D eigenvalue weighted by molar-refractivity contribution is -0.142. The SMILES string of the molecule is C=CCNS(=O)(=O)c1cccc(C(=O)N[C@H]2CCC[C@H]2C(=O)O)c1. The Morgan fingerprint density at radius 2 is 2.08 bits per heavy atom. The van der Waals surface area contributed by atoms with E-state index in [-0.39, 0.29) is 17.0 Å². The number of hydrogen-bond donors (Lipinski definition) is 3. The zero-order valence-electron chi connectivity index (χ0n) is 13.1. The van der Waals surface area contributed by atoms with Gasteiger partial charge in [0.2, 0.25) is 10.0 Å². The van der Waals surface area contributed by atoms with Gasteiger partial charge in [-0.05, 0) is 31.0 Å². The lowest BCUT2D eigenvalue weighted by Crippen LogP contribution is -2.40. The Morgan fingerprint density at radius 3 is 2.75 bits per heavy atom. The van der Waals surface area contributed by atoms with E-state index in [0.717, 1.165) is 6.42 Å². The van der Waals surface area contributed by atoms with Crippen molar-refractivity contribution in [2.24, 2.45) is 5.92 Å². The summed E-state index contributed by atoms with van der Waals surface area (Å²) in [6.07, 6.45) is 3.28. The van der Waals surface area contributed by atoms with Gasteiger partial charge in [0.15, 0.2) is 0 Å². The molecule has 0 saturated heterocycles. The Labute approximate surface area is 140 Å². The summed E-state index contributed by atoms with van der Waals surface area (Å²) in [5, 5.41) is 11.9. The van der Waals surface area contributed by atoms with Crippen molar-refractivity contribution in [2.75, 3.05) is 6.54 Å². The summed E-state index contributed by atoms with van der Waals surface area (Å²) in [5.74, 6) is -2.01. The summed E-state index contributed by atoms with van der Waals surface area (Å²) in [5.41, 5.74) is 0.174. The molecule has 0 aliphatic heterocycles. The van der Waals surface area contributed by atoms with Crippen LogP contribution in [0.4, 0.5) is 0 Å². The van der Waals surface area contributed by atoms with E-state index in [1.807, 2.05) is 0 Å². The fourth-order valence-electron chi connectivity index (χ4n) is 2.74. The van der Waals surface area contributed by atoms with Gasteiger partial charge >= 0.3 is 5.97 Å². The van der Waals surface area contributed by atoms with Crippen LogP contribution in [0.25, 0.3) is 0 Å². The largest absolute Gasteiger partial charge is 0.481 e. The van der Waals surface area contributed by atoms with Gasteiger partial charge in [0.25, 0.3) is 5.91 Å². The molecule has 1 saturated carbocycles. The number of carbonyl (C=O) groups is 2. The third kappa shape index (κ3) is 4.21. The maximum atomic E-state index is 12.3. The highest BCUT2D eigenvalue weighted by molar-refractivity contribution is 7.89. The third-order valence-corrected chi connectivity index (χ3v) is 5.40. The highest BCUT2D eigenvalue weighted by Crippen LogP contribution is 2.26. The van der Waals surface area contributed by atoms with Crippen molar-refractivity contribution in [3.63, 3.8) is 0 Å². The summed E-state index contributed by atoms with van der Waals surface area (Å²) >= 11 is 0. The first-order valence-corrected chi connectivity index (χ1v) is 9.08. The van der Waals surface area contributed by atoms with Gasteiger partial charge in [-0.2, -0.15) is 0 Å². The topological polar surface area (TPSA) is 113 Å². The number of carboxylic acid groups (broad SMARTS) is 1. The van der Waals surface area contributed by atoms with Crippen LogP contribution in [-0.4, -0.2) is 38.0 Å². The molecule has 130 valence electrons. The molecule has 1 aliphatic carbocycles. The number of sulfonamides is 1. The number of benzene rings is 1. The second-order valence-corrected chi connectivity index (χ2v) is 7.39. The molecular weight excluding hydrogens is 332 g/mol. The smallest absolute Gasteiger partial charge is 0.308 e. The van der Waals surface area contributed by atoms with E-state index in [1.54, 1.807) is 0 Å². The van der Waals surface area contributed by atoms with E-state index in [4.69, 9.17) is 5.11 Å². The minimum Gasteiger partial charge on any atom is -0.481 e. The lowest BCUT2D eigenvalue weighted by Gasteiger charge is -2.17. The number of nitrogens with one attached hydrogen (secondary N) is 2. The maximum Gasteiger partial charge on any atom is 0.308 e. The maximum absolute atomic E-state index is 12.3. The van der Waals surface area contributed by atoms with Gasteiger partial charge in [-0.3, -0.25) is 9.59 Å². The van der Waals surface area contributed by atoms with E-state index in [1.165, 1.54) is 30.3 Å². The fraction of sp³-hybridized carbons (Fsp3) is 0.375. The molecule has 0 radical (unpaired) electrons. The van der Waals surface area contributed by atoms with Gasteiger partial charge in [-0.25, -0.2) is 13.1 Å². The zero-order chi connectivity index (χ0) is 17.7. The molecule has 1 aliphatic rings. The highest BCUT2D eigenvalue weighted by atomic mass is 32.2. The predicted molar refractivity (Wildman–Crippen MR) is 88.1 cm³/mol. The Bertz CT molecular complexity index is 745. The van der Waals surface area contributed by atoms with Crippen molar-refractivity contribution in [3.8, 4) is 0 Å². The molecule has 1 aromatic carbocycles. The first-order valence-electron chi connectivity index (χ1n) is 7.59. The van der Waals surface area contributed by atoms with Crippen LogP contribution in [0.5, 0.6) is 0 Å². The molecule has 0 heterocycles. The molecule has 7 nitrogen and oxygen atoms in total. The van der Waals surface area contributed by atoms with Crippen LogP contribution < -0.4 is 10.0 Å². The number of amides is 1. The van der Waals surface area contributed by atoms with Crippen molar-refractivity contribution >= 4 is 21.9 Å². The third-order valence-electron chi connectivity index (χ3n) is 3.97. The quantitative estimate of drug-likeness (QED) is 0.637. The van der Waals surface area contributed by atoms with Gasteiger partial charge in [0, 0.05) is 18.2 Å². The van der Waals surface area contributed by atoms with Crippen LogP contribution in [0.1, 0.15) is 29.6 Å². The normalized spacial score (nSPS) is 20.5. The van der Waals surface area contributed by atoms with Gasteiger partial charge in [-0.1, -0.05) is 18.6 Å². The Kier molecular flexibility index (Phi) is 5.74.